The molecule has 0 radical (unpaired) electrons. The average molecular weight is 130 g/mol. The Labute approximate surface area is 56.6 Å². The molecular weight excluding hydrogens is 116 g/mol. The Morgan fingerprint density at radius 1 is 2.00 bits per heavy atom. The predicted molar refractivity (Wildman–Crippen MR) is 34.2 cm³/mol. The van der Waals surface area contributed by atoms with Crippen molar-refractivity contribution in [2.45, 2.75) is 25.9 Å². The summed E-state index contributed by atoms with van der Waals surface area (Å²) in [4.78, 5) is 10.4. The third-order valence-electron chi connectivity index (χ3n) is 1.69. The molecule has 9 heavy (non-hydrogen) atoms. The van der Waals surface area contributed by atoms with Gasteiger partial charge in [0.25, 0.3) is 0 Å². The van der Waals surface area contributed by atoms with Gasteiger partial charge in [-0.1, -0.05) is 6.92 Å². The van der Waals surface area contributed by atoms with E-state index in [9.17, 15) is 4.79 Å². The van der Waals surface area contributed by atoms with Crippen molar-refractivity contribution in [2.75, 3.05) is 6.58 Å². The molecule has 1 rings (SSSR count). The number of hydrogen-bond acceptors (Lipinski definition) is 2. The third kappa shape index (κ3) is 1.30. The van der Waals surface area contributed by atoms with E-state index in [1.165, 1.54) is 0 Å². The summed E-state index contributed by atoms with van der Waals surface area (Å²) in [6.07, 6.45) is 2.31. The highest BCUT2D eigenvalue weighted by molar-refractivity contribution is 5.54. The number of rotatable bonds is 2. The lowest BCUT2D eigenvalue weighted by atomic mass is 10.0. The molecule has 0 aromatic rings. The van der Waals surface area contributed by atoms with Crippen molar-refractivity contribution in [2.24, 2.45) is 5.92 Å². The molecule has 1 heterocycles. The fourth-order valence-electron chi connectivity index (χ4n) is 1.09. The molecule has 1 unspecified atom stereocenters. The van der Waals surface area contributed by atoms with Crippen LogP contribution in [0.2, 0.25) is 0 Å². The lowest BCUT2D eigenvalue weighted by Crippen LogP contribution is -2.15. The molecule has 2 nitrogen and oxygen atoms in total. The Morgan fingerprint density at radius 2 is 2.78 bits per heavy atom. The van der Waals surface area contributed by atoms with Gasteiger partial charge in [-0.2, -0.15) is 0 Å². The normalized spacial score (nSPS) is 44.6. The molecule has 1 aliphatic heterocycles. The zero-order chi connectivity index (χ0) is 7.56. The van der Waals surface area contributed by atoms with Crippen molar-refractivity contribution >= 4 is 6.29 Å². The van der Waals surface area contributed by atoms with Gasteiger partial charge >= 0.3 is 0 Å². The van der Waals surface area contributed by atoms with E-state index >= 15 is 0 Å². The van der Waals surface area contributed by atoms with Gasteiger partial charge in [0.05, 0.1) is 7.47 Å². The van der Waals surface area contributed by atoms with Gasteiger partial charge in [0.15, 0.2) is 0 Å². The van der Waals surface area contributed by atoms with E-state index in [1.807, 2.05) is 6.92 Å². The third-order valence-corrected chi connectivity index (χ3v) is 1.69. The van der Waals surface area contributed by atoms with Crippen LogP contribution >= 0.6 is 0 Å². The highest BCUT2D eigenvalue weighted by Crippen LogP contribution is 2.20. The summed E-state index contributed by atoms with van der Waals surface area (Å²) in [5, 5.41) is 0. The Kier molecular flexibility index (Phi) is 1.79. The van der Waals surface area contributed by atoms with Crippen LogP contribution in [-0.4, -0.2) is 19.0 Å². The quantitative estimate of drug-likeness (QED) is 0.521. The van der Waals surface area contributed by atoms with Gasteiger partial charge in [-0.05, 0) is 12.8 Å². The van der Waals surface area contributed by atoms with Gasteiger partial charge in [-0.3, -0.25) is 0 Å². The number of hydrogen-bond donors (Lipinski definition) is 0. The molecule has 0 aliphatic carbocycles. The van der Waals surface area contributed by atoms with Crippen LogP contribution in [0.5, 0.6) is 0 Å². The predicted octanol–water partition coefficient (Wildman–Crippen LogP) is 1.00. The van der Waals surface area contributed by atoms with E-state index in [0.29, 0.717) is 6.42 Å². The van der Waals surface area contributed by atoms with E-state index in [1.54, 1.807) is 0 Å². The van der Waals surface area contributed by atoms with Crippen LogP contribution in [-0.2, 0) is 9.53 Å². The topological polar surface area (TPSA) is 26.3 Å². The fourth-order valence-corrected chi connectivity index (χ4v) is 1.09. The fraction of sp³-hybridized carbons (Fsp3) is 0.857. The van der Waals surface area contributed by atoms with Crippen LogP contribution in [0.15, 0.2) is 0 Å². The largest absolute Gasteiger partial charge is 0.377 e. The van der Waals surface area contributed by atoms with Crippen LogP contribution in [0, 0.1) is 5.92 Å². The highest BCUT2D eigenvalue weighted by atomic mass is 16.5. The van der Waals surface area contributed by atoms with E-state index < -0.39 is 6.58 Å². The SMILES string of the molecule is [3H][C@H]1CC(C=O)[C@@H](CC)O1. The molecule has 0 aromatic carbocycles. The lowest BCUT2D eigenvalue weighted by Gasteiger charge is -2.08. The summed E-state index contributed by atoms with van der Waals surface area (Å²) in [6.45, 7) is 1.50. The second-order valence-electron chi connectivity index (χ2n) is 2.29. The molecule has 0 aromatic heterocycles. The van der Waals surface area contributed by atoms with Crippen molar-refractivity contribution in [3.05, 3.63) is 0 Å². The number of carbonyl (C=O) groups excluding carboxylic acids is 1. The monoisotopic (exact) mass is 130 g/mol. The maximum Gasteiger partial charge on any atom is 0.125 e. The first-order chi connectivity index (χ1) is 4.77. The zero-order valence-electron chi connectivity index (χ0n) is 6.54. The highest BCUT2D eigenvalue weighted by Gasteiger charge is 2.25. The van der Waals surface area contributed by atoms with Crippen molar-refractivity contribution in [3.63, 3.8) is 0 Å². The molecule has 1 saturated heterocycles. The molecule has 0 amide bonds. The van der Waals surface area contributed by atoms with Crippen LogP contribution in [0.1, 0.15) is 21.1 Å². The summed E-state index contributed by atoms with van der Waals surface area (Å²) < 4.78 is 12.4. The van der Waals surface area contributed by atoms with Crippen molar-refractivity contribution in [1.82, 2.24) is 0 Å². The van der Waals surface area contributed by atoms with E-state index in [0.717, 1.165) is 12.7 Å². The Bertz CT molecular complexity index is 127. The van der Waals surface area contributed by atoms with Gasteiger partial charge in [0, 0.05) is 12.5 Å². The van der Waals surface area contributed by atoms with Crippen molar-refractivity contribution in [1.29, 1.82) is 0 Å². The number of ether oxygens (including phenoxy) is 1. The number of aldehydes is 1. The molecule has 52 valence electrons. The second kappa shape index (κ2) is 2.97. The maximum atomic E-state index is 10.4. The molecule has 0 bridgehead atoms. The Hall–Kier alpha value is -0.370. The standard InChI is InChI=1S/C7H12O2/c1-2-7-6(5-8)3-4-9-7/h5-7H,2-4H2,1H3/t6?,7-/m1/s1/i4T/t4-,6?,7+/m0. The van der Waals surface area contributed by atoms with Gasteiger partial charge < -0.3 is 9.53 Å². The molecule has 1 aliphatic rings. The van der Waals surface area contributed by atoms with Gasteiger partial charge in [-0.15, -0.1) is 0 Å². The van der Waals surface area contributed by atoms with Crippen molar-refractivity contribution in [3.8, 4) is 0 Å². The smallest absolute Gasteiger partial charge is 0.125 e. The zero-order valence-corrected chi connectivity index (χ0v) is 5.54. The van der Waals surface area contributed by atoms with E-state index in [2.05, 4.69) is 0 Å². The Morgan fingerprint density at radius 3 is 3.22 bits per heavy atom. The minimum atomic E-state index is -0.472. The van der Waals surface area contributed by atoms with Crippen LogP contribution in [0.4, 0.5) is 0 Å². The minimum Gasteiger partial charge on any atom is -0.377 e. The van der Waals surface area contributed by atoms with Crippen LogP contribution in [0.3, 0.4) is 0 Å². The van der Waals surface area contributed by atoms with Crippen LogP contribution < -0.4 is 0 Å². The molecule has 1 fully saturated rings. The summed E-state index contributed by atoms with van der Waals surface area (Å²) in [6, 6.07) is 0. The van der Waals surface area contributed by atoms with Gasteiger partial charge in [0.1, 0.15) is 6.29 Å². The minimum absolute atomic E-state index is 0.000000000000000222. The lowest BCUT2D eigenvalue weighted by molar-refractivity contribution is -0.112. The second-order valence-corrected chi connectivity index (χ2v) is 2.29. The summed E-state index contributed by atoms with van der Waals surface area (Å²) in [5.74, 6) is -0.0347. The first kappa shape index (κ1) is 5.42. The molecule has 0 N–H and O–H groups in total. The summed E-state index contributed by atoms with van der Waals surface area (Å²) in [7, 11) is 0. The van der Waals surface area contributed by atoms with Gasteiger partial charge in [0.2, 0.25) is 0 Å². The van der Waals surface area contributed by atoms with Gasteiger partial charge in [-0.25, -0.2) is 0 Å². The maximum absolute atomic E-state index is 10.4. The average Bonchev–Trinajstić information content (AvgIpc) is 2.30. The van der Waals surface area contributed by atoms with Crippen LogP contribution in [0.25, 0.3) is 0 Å². The first-order valence-corrected chi connectivity index (χ1v) is 3.31. The van der Waals surface area contributed by atoms with E-state index in [4.69, 9.17) is 6.11 Å². The summed E-state index contributed by atoms with van der Waals surface area (Å²) >= 11 is 0. The number of carbonyl (C=O) groups is 1. The molecule has 0 saturated carbocycles. The van der Waals surface area contributed by atoms with Crippen molar-refractivity contribution < 1.29 is 10.9 Å². The Balaban J connectivity index is 2.48. The molecule has 0 spiro atoms. The van der Waals surface area contributed by atoms with E-state index in [-0.39, 0.29) is 12.0 Å². The molecular formula is C7H12O2. The summed E-state index contributed by atoms with van der Waals surface area (Å²) in [5.41, 5.74) is 0. The first-order valence-electron chi connectivity index (χ1n) is 3.88. The molecule has 3 atom stereocenters. The molecule has 2 heteroatoms.